The molecule has 0 bridgehead atoms. The van der Waals surface area contributed by atoms with Crippen molar-refractivity contribution in [2.75, 3.05) is 23.5 Å². The van der Waals surface area contributed by atoms with Crippen LogP contribution >= 0.6 is 0 Å². The molecule has 4 rings (SSSR count). The fourth-order valence-corrected chi connectivity index (χ4v) is 3.93. The zero-order valence-electron chi connectivity index (χ0n) is 15.2. The van der Waals surface area contributed by atoms with Gasteiger partial charge in [-0.2, -0.15) is 0 Å². The molecule has 28 heavy (non-hydrogen) atoms. The van der Waals surface area contributed by atoms with E-state index in [4.69, 9.17) is 9.47 Å². The first-order valence-corrected chi connectivity index (χ1v) is 10.1. The lowest BCUT2D eigenvalue weighted by atomic mass is 10.2. The van der Waals surface area contributed by atoms with Crippen LogP contribution in [0.2, 0.25) is 0 Å². The van der Waals surface area contributed by atoms with Crippen molar-refractivity contribution in [1.29, 1.82) is 0 Å². The summed E-state index contributed by atoms with van der Waals surface area (Å²) < 4.78 is 38.2. The van der Waals surface area contributed by atoms with Gasteiger partial charge in [0, 0.05) is 19.7 Å². The van der Waals surface area contributed by atoms with E-state index in [1.807, 2.05) is 42.3 Å². The van der Waals surface area contributed by atoms with Gasteiger partial charge in [-0.15, -0.1) is 0 Å². The molecule has 1 N–H and O–H groups in total. The number of anilines is 2. The third-order valence-electron chi connectivity index (χ3n) is 4.31. The predicted molar refractivity (Wildman–Crippen MR) is 106 cm³/mol. The van der Waals surface area contributed by atoms with Gasteiger partial charge in [-0.3, -0.25) is 4.72 Å². The molecule has 0 atom stereocenters. The molecule has 0 saturated heterocycles. The smallest absolute Gasteiger partial charge is 0.262 e. The summed E-state index contributed by atoms with van der Waals surface area (Å²) in [5, 5.41) is 0. The number of benzene rings is 2. The molecule has 2 aromatic carbocycles. The molecule has 2 heterocycles. The number of nitrogens with one attached hydrogen (secondary N) is 1. The molecule has 1 aliphatic heterocycles. The van der Waals surface area contributed by atoms with Gasteiger partial charge in [-0.05, 0) is 29.8 Å². The monoisotopic (exact) mass is 397 g/mol. The second-order valence-electron chi connectivity index (χ2n) is 6.37. The zero-order chi connectivity index (χ0) is 19.6. The summed E-state index contributed by atoms with van der Waals surface area (Å²) in [4.78, 5) is 6.46. The van der Waals surface area contributed by atoms with E-state index in [0.717, 1.165) is 5.82 Å². The van der Waals surface area contributed by atoms with Gasteiger partial charge in [-0.1, -0.05) is 30.3 Å². The summed E-state index contributed by atoms with van der Waals surface area (Å²) in [6.07, 6.45) is 1.50. The van der Waals surface area contributed by atoms with Gasteiger partial charge in [0.1, 0.15) is 5.82 Å². The predicted octanol–water partition coefficient (Wildman–Crippen LogP) is 3.25. The van der Waals surface area contributed by atoms with Crippen LogP contribution < -0.4 is 19.1 Å². The van der Waals surface area contributed by atoms with Crippen LogP contribution in [0.25, 0.3) is 0 Å². The number of fused-ring (bicyclic) bond motifs is 1. The fourth-order valence-electron chi connectivity index (χ4n) is 2.87. The fraction of sp³-hybridized carbons (Fsp3) is 0.150. The average molecular weight is 397 g/mol. The van der Waals surface area contributed by atoms with Crippen LogP contribution in [0, 0.1) is 0 Å². The quantitative estimate of drug-likeness (QED) is 0.688. The lowest BCUT2D eigenvalue weighted by Gasteiger charge is -2.18. The summed E-state index contributed by atoms with van der Waals surface area (Å²) in [5.74, 6) is 1.69. The maximum atomic E-state index is 12.6. The molecule has 144 valence electrons. The molecule has 8 heteroatoms. The maximum absolute atomic E-state index is 12.6. The van der Waals surface area contributed by atoms with Gasteiger partial charge >= 0.3 is 0 Å². The average Bonchev–Trinajstić information content (AvgIpc) is 3.17. The highest BCUT2D eigenvalue weighted by atomic mass is 32.2. The van der Waals surface area contributed by atoms with E-state index in [0.29, 0.717) is 23.7 Å². The SMILES string of the molecule is CN(Cc1ccccc1)c1ccc(NS(=O)(=O)c2ccc3c(c2)OCO3)cn1. The van der Waals surface area contributed by atoms with Crippen LogP contribution in [-0.2, 0) is 16.6 Å². The molecule has 3 aromatic rings. The molecule has 0 aliphatic carbocycles. The molecule has 0 spiro atoms. The minimum Gasteiger partial charge on any atom is -0.454 e. The lowest BCUT2D eigenvalue weighted by Crippen LogP contribution is -2.18. The Balaban J connectivity index is 1.46. The number of ether oxygens (including phenoxy) is 2. The van der Waals surface area contributed by atoms with Crippen molar-refractivity contribution in [1.82, 2.24) is 4.98 Å². The molecular formula is C20H19N3O4S. The van der Waals surface area contributed by atoms with Crippen molar-refractivity contribution in [2.45, 2.75) is 11.4 Å². The van der Waals surface area contributed by atoms with Crippen molar-refractivity contribution in [3.05, 3.63) is 72.4 Å². The number of sulfonamides is 1. The van der Waals surface area contributed by atoms with E-state index in [2.05, 4.69) is 9.71 Å². The minimum absolute atomic E-state index is 0.0914. The number of pyridine rings is 1. The van der Waals surface area contributed by atoms with Crippen molar-refractivity contribution in [3.63, 3.8) is 0 Å². The summed E-state index contributed by atoms with van der Waals surface area (Å²) in [6, 6.07) is 18.0. The van der Waals surface area contributed by atoms with Crippen LogP contribution in [0.1, 0.15) is 5.56 Å². The summed E-state index contributed by atoms with van der Waals surface area (Å²) >= 11 is 0. The first-order valence-electron chi connectivity index (χ1n) is 8.65. The Morgan fingerprint density at radius 3 is 2.57 bits per heavy atom. The molecule has 0 saturated carbocycles. The van der Waals surface area contributed by atoms with E-state index < -0.39 is 10.0 Å². The Kier molecular flexibility index (Phi) is 4.79. The molecule has 0 unspecified atom stereocenters. The number of hydrogen-bond acceptors (Lipinski definition) is 6. The second-order valence-corrected chi connectivity index (χ2v) is 8.05. The van der Waals surface area contributed by atoms with E-state index in [9.17, 15) is 8.42 Å². The maximum Gasteiger partial charge on any atom is 0.262 e. The summed E-state index contributed by atoms with van der Waals surface area (Å²) in [7, 11) is -1.82. The second kappa shape index (κ2) is 7.40. The molecule has 0 fully saturated rings. The first-order chi connectivity index (χ1) is 13.5. The summed E-state index contributed by atoms with van der Waals surface area (Å²) in [5.41, 5.74) is 1.55. The normalized spacial score (nSPS) is 12.6. The highest BCUT2D eigenvalue weighted by Gasteiger charge is 2.20. The third-order valence-corrected chi connectivity index (χ3v) is 5.69. The molecule has 7 nitrogen and oxygen atoms in total. The number of hydrogen-bond donors (Lipinski definition) is 1. The first kappa shape index (κ1) is 18.1. The van der Waals surface area contributed by atoms with Gasteiger partial charge in [-0.25, -0.2) is 13.4 Å². The van der Waals surface area contributed by atoms with E-state index in [1.165, 1.54) is 23.9 Å². The zero-order valence-corrected chi connectivity index (χ0v) is 16.0. The van der Waals surface area contributed by atoms with Gasteiger partial charge in [0.25, 0.3) is 10.0 Å². The highest BCUT2D eigenvalue weighted by Crippen LogP contribution is 2.34. The van der Waals surface area contributed by atoms with Crippen molar-refractivity contribution >= 4 is 21.5 Å². The molecule has 1 aromatic heterocycles. The highest BCUT2D eigenvalue weighted by molar-refractivity contribution is 7.92. The topological polar surface area (TPSA) is 80.8 Å². The Morgan fingerprint density at radius 2 is 1.82 bits per heavy atom. The van der Waals surface area contributed by atoms with Crippen molar-refractivity contribution < 1.29 is 17.9 Å². The minimum atomic E-state index is -3.76. The number of nitrogens with zero attached hydrogens (tertiary/aromatic N) is 2. The number of rotatable bonds is 6. The Labute approximate surface area is 163 Å². The largest absolute Gasteiger partial charge is 0.454 e. The Morgan fingerprint density at radius 1 is 1.04 bits per heavy atom. The Bertz CT molecular complexity index is 1070. The molecule has 0 amide bonds. The van der Waals surface area contributed by atoms with Crippen LogP contribution in [0.3, 0.4) is 0 Å². The molecule has 1 aliphatic rings. The van der Waals surface area contributed by atoms with E-state index in [-0.39, 0.29) is 11.7 Å². The van der Waals surface area contributed by atoms with Crippen molar-refractivity contribution in [3.8, 4) is 11.5 Å². The van der Waals surface area contributed by atoms with Gasteiger partial charge in [0.05, 0.1) is 16.8 Å². The van der Waals surface area contributed by atoms with Gasteiger partial charge in [0.2, 0.25) is 6.79 Å². The van der Waals surface area contributed by atoms with Gasteiger partial charge in [0.15, 0.2) is 11.5 Å². The lowest BCUT2D eigenvalue weighted by molar-refractivity contribution is 0.174. The standard InChI is InChI=1S/C20H19N3O4S/c1-23(13-15-5-3-2-4-6-15)20-10-7-16(12-21-20)22-28(24,25)17-8-9-18-19(11-17)27-14-26-18/h2-12,22H,13-14H2,1H3. The molecular weight excluding hydrogens is 378 g/mol. The number of aromatic nitrogens is 1. The van der Waals surface area contributed by atoms with Crippen LogP contribution in [0.5, 0.6) is 11.5 Å². The van der Waals surface area contributed by atoms with Crippen molar-refractivity contribution in [2.24, 2.45) is 0 Å². The Hall–Kier alpha value is -3.26. The van der Waals surface area contributed by atoms with Crippen LogP contribution in [-0.4, -0.2) is 27.2 Å². The summed E-state index contributed by atoms with van der Waals surface area (Å²) in [6.45, 7) is 0.796. The van der Waals surface area contributed by atoms with Crippen LogP contribution in [0.4, 0.5) is 11.5 Å². The van der Waals surface area contributed by atoms with E-state index >= 15 is 0 Å². The van der Waals surface area contributed by atoms with Gasteiger partial charge < -0.3 is 14.4 Å². The third kappa shape index (κ3) is 3.86. The van der Waals surface area contributed by atoms with Crippen LogP contribution in [0.15, 0.2) is 71.8 Å². The molecule has 0 radical (unpaired) electrons. The van der Waals surface area contributed by atoms with E-state index in [1.54, 1.807) is 18.2 Å².